The number of rotatable bonds is 6. The molecule has 0 spiro atoms. The predicted octanol–water partition coefficient (Wildman–Crippen LogP) is 1.83. The van der Waals surface area contributed by atoms with Gasteiger partial charge < -0.3 is 14.4 Å². The summed E-state index contributed by atoms with van der Waals surface area (Å²) in [5, 5.41) is 0. The van der Waals surface area contributed by atoms with E-state index < -0.39 is 0 Å². The zero-order chi connectivity index (χ0) is 18.4. The largest absolute Gasteiger partial charge is 0.497 e. The van der Waals surface area contributed by atoms with E-state index in [0.717, 1.165) is 70.2 Å². The summed E-state index contributed by atoms with van der Waals surface area (Å²) in [6.45, 7) is 7.18. The second-order valence-electron chi connectivity index (χ2n) is 7.21. The molecule has 0 unspecified atom stereocenters. The van der Waals surface area contributed by atoms with E-state index in [9.17, 15) is 4.79 Å². The number of amides is 1. The van der Waals surface area contributed by atoms with Gasteiger partial charge in [0.15, 0.2) is 0 Å². The number of hydrogen-bond donors (Lipinski definition) is 0. The molecule has 0 atom stereocenters. The lowest BCUT2D eigenvalue weighted by Crippen LogP contribution is -2.50. The lowest BCUT2D eigenvalue weighted by Gasteiger charge is -2.36. The van der Waals surface area contributed by atoms with E-state index in [-0.39, 0.29) is 0 Å². The Bertz CT molecular complexity index is 572. The van der Waals surface area contributed by atoms with Crippen molar-refractivity contribution in [3.05, 3.63) is 23.8 Å². The minimum atomic E-state index is 0.302. The highest BCUT2D eigenvalue weighted by Crippen LogP contribution is 2.23. The van der Waals surface area contributed by atoms with Gasteiger partial charge in [0.2, 0.25) is 5.91 Å². The summed E-state index contributed by atoms with van der Waals surface area (Å²) < 4.78 is 10.7. The minimum Gasteiger partial charge on any atom is -0.497 e. The smallest absolute Gasteiger partial charge is 0.236 e. The van der Waals surface area contributed by atoms with E-state index in [4.69, 9.17) is 9.47 Å². The van der Waals surface area contributed by atoms with Crippen molar-refractivity contribution in [1.82, 2.24) is 14.7 Å². The first-order valence-corrected chi connectivity index (χ1v) is 9.62. The number of piperidine rings is 1. The van der Waals surface area contributed by atoms with Crippen molar-refractivity contribution in [3.8, 4) is 11.5 Å². The zero-order valence-corrected chi connectivity index (χ0v) is 16.1. The predicted molar refractivity (Wildman–Crippen MR) is 102 cm³/mol. The summed E-state index contributed by atoms with van der Waals surface area (Å²) in [6, 6.07) is 6.02. The van der Waals surface area contributed by atoms with Crippen LogP contribution in [0.5, 0.6) is 11.5 Å². The molecule has 0 radical (unpaired) electrons. The molecule has 2 fully saturated rings. The summed E-state index contributed by atoms with van der Waals surface area (Å²) in [6.07, 6.45) is 3.57. The molecule has 1 aromatic rings. The fraction of sp³-hybridized carbons (Fsp3) is 0.650. The van der Waals surface area contributed by atoms with Gasteiger partial charge in [0.1, 0.15) is 11.5 Å². The van der Waals surface area contributed by atoms with E-state index in [1.807, 2.05) is 11.0 Å². The van der Waals surface area contributed by atoms with Crippen molar-refractivity contribution >= 4 is 5.91 Å². The highest BCUT2D eigenvalue weighted by molar-refractivity contribution is 5.78. The first kappa shape index (κ1) is 19.0. The quantitative estimate of drug-likeness (QED) is 0.774. The molecule has 0 bridgehead atoms. The molecular weight excluding hydrogens is 330 g/mol. The van der Waals surface area contributed by atoms with Crippen LogP contribution in [0.15, 0.2) is 18.2 Å². The van der Waals surface area contributed by atoms with E-state index in [1.54, 1.807) is 14.2 Å². The number of piperazine rings is 1. The maximum atomic E-state index is 12.4. The molecule has 144 valence electrons. The second kappa shape index (κ2) is 9.24. The molecule has 2 aliphatic heterocycles. The molecule has 26 heavy (non-hydrogen) atoms. The molecule has 1 aromatic carbocycles. The molecule has 0 saturated carbocycles. The Balaban J connectivity index is 1.47. The minimum absolute atomic E-state index is 0.302. The van der Waals surface area contributed by atoms with Gasteiger partial charge in [-0.25, -0.2) is 0 Å². The Hall–Kier alpha value is -1.79. The number of carbonyl (C=O) groups excluding carboxylic acids is 1. The summed E-state index contributed by atoms with van der Waals surface area (Å²) in [4.78, 5) is 19.2. The molecule has 0 aromatic heterocycles. The van der Waals surface area contributed by atoms with Crippen LogP contribution >= 0.6 is 0 Å². The Morgan fingerprint density at radius 2 is 1.42 bits per heavy atom. The first-order chi connectivity index (χ1) is 12.7. The van der Waals surface area contributed by atoms with Crippen molar-refractivity contribution in [1.29, 1.82) is 0 Å². The number of hydrogen-bond acceptors (Lipinski definition) is 5. The topological polar surface area (TPSA) is 45.2 Å². The number of likely N-dealkylation sites (tertiary alicyclic amines) is 1. The number of methoxy groups -OCH3 is 2. The van der Waals surface area contributed by atoms with E-state index in [1.165, 1.54) is 12.0 Å². The Labute approximate surface area is 156 Å². The summed E-state index contributed by atoms with van der Waals surface area (Å²) in [5.41, 5.74) is 1.19. The summed E-state index contributed by atoms with van der Waals surface area (Å²) in [7, 11) is 3.35. The van der Waals surface area contributed by atoms with Gasteiger partial charge in [0.05, 0.1) is 20.8 Å². The summed E-state index contributed by atoms with van der Waals surface area (Å²) >= 11 is 0. The monoisotopic (exact) mass is 361 g/mol. The van der Waals surface area contributed by atoms with Gasteiger partial charge in [-0.1, -0.05) is 0 Å². The third kappa shape index (κ3) is 5.11. The van der Waals surface area contributed by atoms with Crippen LogP contribution in [-0.2, 0) is 11.3 Å². The molecular formula is C20H31N3O3. The van der Waals surface area contributed by atoms with Crippen LogP contribution in [0.1, 0.15) is 24.8 Å². The van der Waals surface area contributed by atoms with Gasteiger partial charge in [0.25, 0.3) is 0 Å². The van der Waals surface area contributed by atoms with Crippen molar-refractivity contribution in [2.45, 2.75) is 25.8 Å². The van der Waals surface area contributed by atoms with Crippen molar-refractivity contribution in [2.75, 3.05) is 60.0 Å². The molecule has 1 amide bonds. The van der Waals surface area contributed by atoms with Gasteiger partial charge in [-0.05, 0) is 37.0 Å². The SMILES string of the molecule is COc1cc(CN2CCN(CC(=O)N3CCCCC3)CC2)cc(OC)c1. The lowest BCUT2D eigenvalue weighted by atomic mass is 10.1. The van der Waals surface area contributed by atoms with Gasteiger partial charge in [-0.15, -0.1) is 0 Å². The average molecular weight is 361 g/mol. The van der Waals surface area contributed by atoms with Crippen LogP contribution < -0.4 is 9.47 Å². The zero-order valence-electron chi connectivity index (χ0n) is 16.1. The maximum Gasteiger partial charge on any atom is 0.236 e. The molecule has 0 aliphatic carbocycles. The Morgan fingerprint density at radius 3 is 2.00 bits per heavy atom. The van der Waals surface area contributed by atoms with Crippen LogP contribution in [0, 0.1) is 0 Å². The molecule has 2 saturated heterocycles. The third-order valence-corrected chi connectivity index (χ3v) is 5.35. The highest BCUT2D eigenvalue weighted by Gasteiger charge is 2.23. The highest BCUT2D eigenvalue weighted by atomic mass is 16.5. The molecule has 6 heteroatoms. The van der Waals surface area contributed by atoms with E-state index in [2.05, 4.69) is 21.9 Å². The van der Waals surface area contributed by atoms with Crippen LogP contribution in [0.2, 0.25) is 0 Å². The van der Waals surface area contributed by atoms with E-state index >= 15 is 0 Å². The van der Waals surface area contributed by atoms with Crippen LogP contribution in [0.3, 0.4) is 0 Å². The lowest BCUT2D eigenvalue weighted by molar-refractivity contribution is -0.133. The van der Waals surface area contributed by atoms with Crippen molar-refractivity contribution in [2.24, 2.45) is 0 Å². The first-order valence-electron chi connectivity index (χ1n) is 9.62. The fourth-order valence-corrected chi connectivity index (χ4v) is 3.76. The molecule has 0 N–H and O–H groups in total. The van der Waals surface area contributed by atoms with Gasteiger partial charge >= 0.3 is 0 Å². The van der Waals surface area contributed by atoms with Gasteiger partial charge in [-0.3, -0.25) is 14.6 Å². The number of nitrogens with zero attached hydrogens (tertiary/aromatic N) is 3. The Morgan fingerprint density at radius 1 is 0.846 bits per heavy atom. The normalized spacial score (nSPS) is 19.4. The van der Waals surface area contributed by atoms with Crippen LogP contribution in [0.4, 0.5) is 0 Å². The van der Waals surface area contributed by atoms with E-state index in [0.29, 0.717) is 12.5 Å². The number of carbonyl (C=O) groups is 1. The maximum absolute atomic E-state index is 12.4. The standard InChI is InChI=1S/C20H31N3O3/c1-25-18-12-17(13-19(14-18)26-2)15-21-8-10-22(11-9-21)16-20(24)23-6-4-3-5-7-23/h12-14H,3-11,15-16H2,1-2H3. The van der Waals surface area contributed by atoms with Gasteiger partial charge in [0, 0.05) is 51.9 Å². The van der Waals surface area contributed by atoms with Crippen LogP contribution in [0.25, 0.3) is 0 Å². The summed E-state index contributed by atoms with van der Waals surface area (Å²) in [5.74, 6) is 1.95. The molecule has 3 rings (SSSR count). The number of benzene rings is 1. The Kier molecular flexibility index (Phi) is 6.74. The second-order valence-corrected chi connectivity index (χ2v) is 7.21. The number of ether oxygens (including phenoxy) is 2. The molecule has 6 nitrogen and oxygen atoms in total. The third-order valence-electron chi connectivity index (χ3n) is 5.35. The van der Waals surface area contributed by atoms with Crippen molar-refractivity contribution < 1.29 is 14.3 Å². The molecule has 2 aliphatic rings. The molecule has 2 heterocycles. The van der Waals surface area contributed by atoms with Gasteiger partial charge in [-0.2, -0.15) is 0 Å². The fourth-order valence-electron chi connectivity index (χ4n) is 3.76. The average Bonchev–Trinajstić information content (AvgIpc) is 2.69. The van der Waals surface area contributed by atoms with Crippen LogP contribution in [-0.4, -0.2) is 80.6 Å². The van der Waals surface area contributed by atoms with Crippen molar-refractivity contribution in [3.63, 3.8) is 0 Å².